The van der Waals surface area contributed by atoms with Crippen molar-refractivity contribution in [3.63, 3.8) is 0 Å². The van der Waals surface area contributed by atoms with Gasteiger partial charge in [0.1, 0.15) is 5.75 Å². The third-order valence-corrected chi connectivity index (χ3v) is 3.14. The first-order chi connectivity index (χ1) is 9.17. The standard InChI is InChI=1S/C15H17NO3.ClH/c1-18-13-8-7-10-5-3-4-6-11(10)15(13)12(16)9-14(17)19-2;/h3-8,12H,9,16H2,1-2H3;1H/t12-;/m1./s1. The molecule has 0 bridgehead atoms. The molecule has 0 aliphatic carbocycles. The Bertz CT molecular complexity index is 601. The van der Waals surface area contributed by atoms with Crippen molar-refractivity contribution in [1.82, 2.24) is 0 Å². The predicted octanol–water partition coefficient (Wildman–Crippen LogP) is 2.83. The number of hydrogen-bond donors (Lipinski definition) is 1. The highest BCUT2D eigenvalue weighted by Gasteiger charge is 2.18. The molecule has 0 amide bonds. The minimum Gasteiger partial charge on any atom is -0.496 e. The van der Waals surface area contributed by atoms with Crippen molar-refractivity contribution in [3.8, 4) is 5.75 Å². The second-order valence-electron chi connectivity index (χ2n) is 4.29. The van der Waals surface area contributed by atoms with E-state index >= 15 is 0 Å². The van der Waals surface area contributed by atoms with Gasteiger partial charge in [0.15, 0.2) is 0 Å². The second-order valence-corrected chi connectivity index (χ2v) is 4.29. The van der Waals surface area contributed by atoms with Gasteiger partial charge in [-0.15, -0.1) is 12.4 Å². The smallest absolute Gasteiger partial charge is 0.307 e. The molecule has 108 valence electrons. The zero-order valence-electron chi connectivity index (χ0n) is 11.5. The lowest BCUT2D eigenvalue weighted by molar-refractivity contribution is -0.141. The van der Waals surface area contributed by atoms with Crippen molar-refractivity contribution in [2.24, 2.45) is 5.73 Å². The Morgan fingerprint density at radius 2 is 1.90 bits per heavy atom. The Kier molecular flexibility index (Phi) is 5.80. The maximum absolute atomic E-state index is 11.4. The number of hydrogen-bond acceptors (Lipinski definition) is 4. The number of rotatable bonds is 4. The van der Waals surface area contributed by atoms with E-state index in [0.29, 0.717) is 5.75 Å². The van der Waals surface area contributed by atoms with Crippen LogP contribution in [0.1, 0.15) is 18.0 Å². The van der Waals surface area contributed by atoms with Crippen LogP contribution in [-0.4, -0.2) is 20.2 Å². The van der Waals surface area contributed by atoms with E-state index in [2.05, 4.69) is 4.74 Å². The summed E-state index contributed by atoms with van der Waals surface area (Å²) in [6.45, 7) is 0. The van der Waals surface area contributed by atoms with Crippen LogP contribution in [0, 0.1) is 0 Å². The van der Waals surface area contributed by atoms with Crippen LogP contribution >= 0.6 is 12.4 Å². The lowest BCUT2D eigenvalue weighted by Crippen LogP contribution is -2.17. The first-order valence-corrected chi connectivity index (χ1v) is 6.05. The van der Waals surface area contributed by atoms with E-state index < -0.39 is 6.04 Å². The number of methoxy groups -OCH3 is 2. The summed E-state index contributed by atoms with van der Waals surface area (Å²) in [7, 11) is 2.95. The van der Waals surface area contributed by atoms with Crippen molar-refractivity contribution in [2.75, 3.05) is 14.2 Å². The lowest BCUT2D eigenvalue weighted by Gasteiger charge is -2.17. The maximum atomic E-state index is 11.4. The molecule has 0 aliphatic rings. The van der Waals surface area contributed by atoms with E-state index in [-0.39, 0.29) is 24.8 Å². The van der Waals surface area contributed by atoms with Crippen molar-refractivity contribution < 1.29 is 14.3 Å². The van der Waals surface area contributed by atoms with Crippen molar-refractivity contribution in [1.29, 1.82) is 0 Å². The van der Waals surface area contributed by atoms with Crippen LogP contribution in [0.15, 0.2) is 36.4 Å². The van der Waals surface area contributed by atoms with Gasteiger partial charge in [-0.1, -0.05) is 30.3 Å². The van der Waals surface area contributed by atoms with Crippen LogP contribution in [0.5, 0.6) is 5.75 Å². The molecule has 0 saturated carbocycles. The summed E-state index contributed by atoms with van der Waals surface area (Å²) in [5.74, 6) is 0.359. The van der Waals surface area contributed by atoms with Gasteiger partial charge in [-0.05, 0) is 16.8 Å². The normalized spacial score (nSPS) is 11.6. The summed E-state index contributed by atoms with van der Waals surface area (Å²) in [5, 5.41) is 2.07. The first-order valence-electron chi connectivity index (χ1n) is 6.05. The van der Waals surface area contributed by atoms with E-state index in [1.54, 1.807) is 7.11 Å². The van der Waals surface area contributed by atoms with Gasteiger partial charge < -0.3 is 15.2 Å². The molecule has 0 radical (unpaired) electrons. The van der Waals surface area contributed by atoms with Crippen molar-refractivity contribution >= 4 is 29.1 Å². The monoisotopic (exact) mass is 295 g/mol. The van der Waals surface area contributed by atoms with Crippen LogP contribution in [0.25, 0.3) is 10.8 Å². The molecule has 0 spiro atoms. The predicted molar refractivity (Wildman–Crippen MR) is 81.3 cm³/mol. The lowest BCUT2D eigenvalue weighted by atomic mass is 9.96. The van der Waals surface area contributed by atoms with E-state index in [0.717, 1.165) is 16.3 Å². The van der Waals surface area contributed by atoms with Gasteiger partial charge in [-0.3, -0.25) is 4.79 Å². The summed E-state index contributed by atoms with van der Waals surface area (Å²) in [5.41, 5.74) is 6.97. The number of carbonyl (C=O) groups excluding carboxylic acids is 1. The third-order valence-electron chi connectivity index (χ3n) is 3.14. The van der Waals surface area contributed by atoms with Gasteiger partial charge in [-0.2, -0.15) is 0 Å². The highest BCUT2D eigenvalue weighted by Crippen LogP contribution is 2.33. The Hall–Kier alpha value is -1.78. The molecule has 5 heteroatoms. The molecule has 2 aromatic rings. The summed E-state index contributed by atoms with van der Waals surface area (Å²) in [6, 6.07) is 11.3. The highest BCUT2D eigenvalue weighted by atomic mass is 35.5. The number of nitrogens with two attached hydrogens (primary N) is 1. The molecule has 2 aromatic carbocycles. The molecule has 0 fully saturated rings. The molecule has 1 atom stereocenters. The number of ether oxygens (including phenoxy) is 2. The fourth-order valence-electron chi connectivity index (χ4n) is 2.20. The largest absolute Gasteiger partial charge is 0.496 e. The first kappa shape index (κ1) is 16.3. The summed E-state index contributed by atoms with van der Waals surface area (Å²) in [4.78, 5) is 11.4. The average molecular weight is 296 g/mol. The summed E-state index contributed by atoms with van der Waals surface area (Å²) in [6.07, 6.45) is 0.126. The fraction of sp³-hybridized carbons (Fsp3) is 0.267. The molecule has 0 aliphatic heterocycles. The highest BCUT2D eigenvalue weighted by molar-refractivity contribution is 5.88. The van der Waals surface area contributed by atoms with Crippen LogP contribution in [0.2, 0.25) is 0 Å². The fourth-order valence-corrected chi connectivity index (χ4v) is 2.20. The Labute approximate surface area is 124 Å². The third kappa shape index (κ3) is 3.21. The molecule has 0 aromatic heterocycles. The molecular formula is C15H18ClNO3. The Morgan fingerprint density at radius 1 is 1.20 bits per heavy atom. The second kappa shape index (κ2) is 7.12. The molecule has 0 heterocycles. The van der Waals surface area contributed by atoms with Crippen LogP contribution in [0.4, 0.5) is 0 Å². The van der Waals surface area contributed by atoms with E-state index in [9.17, 15) is 4.79 Å². The SMILES string of the molecule is COC(=O)C[C@@H](N)c1c(OC)ccc2ccccc12.Cl. The summed E-state index contributed by atoms with van der Waals surface area (Å²) < 4.78 is 10.0. The van der Waals surface area contributed by atoms with Crippen LogP contribution in [0.3, 0.4) is 0 Å². The average Bonchev–Trinajstić information content (AvgIpc) is 2.45. The van der Waals surface area contributed by atoms with Crippen molar-refractivity contribution in [2.45, 2.75) is 12.5 Å². The maximum Gasteiger partial charge on any atom is 0.307 e. The van der Waals surface area contributed by atoms with Crippen LogP contribution < -0.4 is 10.5 Å². The molecule has 2 rings (SSSR count). The zero-order valence-corrected chi connectivity index (χ0v) is 12.3. The molecule has 2 N–H and O–H groups in total. The van der Waals surface area contributed by atoms with Gasteiger partial charge in [0, 0.05) is 11.6 Å². The minimum atomic E-state index is -0.450. The molecule has 0 saturated heterocycles. The van der Waals surface area contributed by atoms with Gasteiger partial charge >= 0.3 is 5.97 Å². The molecule has 4 nitrogen and oxygen atoms in total. The molecule has 0 unspecified atom stereocenters. The quantitative estimate of drug-likeness (QED) is 0.881. The van der Waals surface area contributed by atoms with Gasteiger partial charge in [0.05, 0.1) is 20.6 Å². The number of fused-ring (bicyclic) bond motifs is 1. The Morgan fingerprint density at radius 3 is 2.55 bits per heavy atom. The van der Waals surface area contributed by atoms with E-state index in [1.165, 1.54) is 7.11 Å². The van der Waals surface area contributed by atoms with Gasteiger partial charge in [0.2, 0.25) is 0 Å². The number of halogens is 1. The number of esters is 1. The minimum absolute atomic E-state index is 0. The molecule has 20 heavy (non-hydrogen) atoms. The molecular weight excluding hydrogens is 278 g/mol. The topological polar surface area (TPSA) is 61.5 Å². The zero-order chi connectivity index (χ0) is 13.8. The van der Waals surface area contributed by atoms with E-state index in [4.69, 9.17) is 10.5 Å². The van der Waals surface area contributed by atoms with Gasteiger partial charge in [0.25, 0.3) is 0 Å². The Balaban J connectivity index is 0.00000200. The van der Waals surface area contributed by atoms with Crippen LogP contribution in [-0.2, 0) is 9.53 Å². The summed E-state index contributed by atoms with van der Waals surface area (Å²) >= 11 is 0. The number of carbonyl (C=O) groups is 1. The van der Waals surface area contributed by atoms with Gasteiger partial charge in [-0.25, -0.2) is 0 Å². The number of benzene rings is 2. The van der Waals surface area contributed by atoms with E-state index in [1.807, 2.05) is 36.4 Å². The van der Waals surface area contributed by atoms with Crippen molar-refractivity contribution in [3.05, 3.63) is 42.0 Å².